The molecule has 1 fully saturated rings. The van der Waals surface area contributed by atoms with Gasteiger partial charge < -0.3 is 14.9 Å². The van der Waals surface area contributed by atoms with Gasteiger partial charge in [0, 0.05) is 30.1 Å². The lowest BCUT2D eigenvalue weighted by atomic mass is 10.1. The summed E-state index contributed by atoms with van der Waals surface area (Å²) in [6.45, 7) is 4.45. The number of esters is 1. The summed E-state index contributed by atoms with van der Waals surface area (Å²) in [7, 11) is -3.63. The first-order valence-electron chi connectivity index (χ1n) is 8.32. The van der Waals surface area contributed by atoms with Gasteiger partial charge in [0.1, 0.15) is 5.58 Å². The average Bonchev–Trinajstić information content (AvgIpc) is 3.20. The monoisotopic (exact) mass is 402 g/mol. The summed E-state index contributed by atoms with van der Waals surface area (Å²) >= 11 is 0. The molecule has 0 amide bonds. The maximum atomic E-state index is 13.0. The van der Waals surface area contributed by atoms with E-state index in [-0.39, 0.29) is 35.7 Å². The van der Waals surface area contributed by atoms with Crippen LogP contribution in [0.3, 0.4) is 0 Å². The summed E-state index contributed by atoms with van der Waals surface area (Å²) in [6.07, 6.45) is 1.58. The van der Waals surface area contributed by atoms with Gasteiger partial charge in [-0.3, -0.25) is 0 Å². The van der Waals surface area contributed by atoms with E-state index in [1.165, 1.54) is 10.4 Å². The van der Waals surface area contributed by atoms with Gasteiger partial charge in [-0.1, -0.05) is 0 Å². The molecule has 3 rings (SSSR count). The van der Waals surface area contributed by atoms with E-state index < -0.39 is 16.0 Å². The topological polar surface area (TPSA) is 103 Å². The number of hydrogen-bond acceptors (Lipinski definition) is 6. The molecule has 0 saturated carbocycles. The molecule has 0 aliphatic carbocycles. The zero-order valence-electron chi connectivity index (χ0n) is 14.7. The average molecular weight is 403 g/mol. The molecule has 0 bridgehead atoms. The number of halogens is 1. The molecule has 1 aliphatic rings. The van der Waals surface area contributed by atoms with Crippen LogP contribution >= 0.6 is 12.4 Å². The molecular formula is C17H23ClN2O5S. The summed E-state index contributed by atoms with van der Waals surface area (Å²) in [4.78, 5) is 12.1. The van der Waals surface area contributed by atoms with Crippen molar-refractivity contribution >= 4 is 39.4 Å². The zero-order valence-corrected chi connectivity index (χ0v) is 16.4. The first-order valence-corrected chi connectivity index (χ1v) is 9.76. The van der Waals surface area contributed by atoms with Gasteiger partial charge in [0.25, 0.3) is 0 Å². The normalized spacial score (nSPS) is 18.0. The number of fused-ring (bicyclic) bond motifs is 1. The SMILES string of the molecule is CCOC(=O)c1oc2ccc(S(=O)(=O)N3CCCC3CN)cc2c1C.Cl. The number of carbonyl (C=O) groups excluding carboxylic acids is 1. The second-order valence-corrected chi connectivity index (χ2v) is 7.97. The Bertz CT molecular complexity index is 909. The molecule has 1 aromatic heterocycles. The predicted octanol–water partition coefficient (Wildman–Crippen LogP) is 2.45. The molecule has 1 atom stereocenters. The van der Waals surface area contributed by atoms with Crippen LogP contribution in [0.2, 0.25) is 0 Å². The minimum absolute atomic E-state index is 0. The number of ether oxygens (including phenoxy) is 1. The number of rotatable bonds is 5. The number of benzene rings is 1. The summed E-state index contributed by atoms with van der Waals surface area (Å²) in [5, 5.41) is 0.590. The summed E-state index contributed by atoms with van der Waals surface area (Å²) in [6, 6.07) is 4.46. The number of sulfonamides is 1. The highest BCUT2D eigenvalue weighted by Crippen LogP contribution is 2.31. The van der Waals surface area contributed by atoms with Gasteiger partial charge in [0.15, 0.2) is 0 Å². The van der Waals surface area contributed by atoms with Crippen molar-refractivity contribution < 1.29 is 22.4 Å². The molecule has 2 aromatic rings. The summed E-state index contributed by atoms with van der Waals surface area (Å²) in [5.74, 6) is -0.448. The van der Waals surface area contributed by atoms with Gasteiger partial charge in [0.05, 0.1) is 11.5 Å². The van der Waals surface area contributed by atoms with E-state index in [1.54, 1.807) is 26.0 Å². The van der Waals surface area contributed by atoms with Crippen LogP contribution in [0.5, 0.6) is 0 Å². The largest absolute Gasteiger partial charge is 0.460 e. The molecule has 1 unspecified atom stereocenters. The Morgan fingerprint density at radius 1 is 1.42 bits per heavy atom. The van der Waals surface area contributed by atoms with Crippen LogP contribution in [-0.4, -0.2) is 44.4 Å². The van der Waals surface area contributed by atoms with E-state index in [4.69, 9.17) is 14.9 Å². The lowest BCUT2D eigenvalue weighted by molar-refractivity contribution is 0.0491. The number of aryl methyl sites for hydroxylation is 1. The molecule has 9 heteroatoms. The van der Waals surface area contributed by atoms with E-state index in [1.807, 2.05) is 0 Å². The van der Waals surface area contributed by atoms with Crippen molar-refractivity contribution in [3.05, 3.63) is 29.5 Å². The van der Waals surface area contributed by atoms with Crippen LogP contribution < -0.4 is 5.73 Å². The number of carbonyl (C=O) groups is 1. The summed E-state index contributed by atoms with van der Waals surface area (Å²) in [5.41, 5.74) is 6.73. The Morgan fingerprint density at radius 2 is 2.15 bits per heavy atom. The molecular weight excluding hydrogens is 380 g/mol. The summed E-state index contributed by atoms with van der Waals surface area (Å²) < 4.78 is 37.9. The standard InChI is InChI=1S/C17H22N2O5S.ClH/c1-3-23-17(20)16-11(2)14-9-13(6-7-15(14)24-16)25(21,22)19-8-4-5-12(19)10-18;/h6-7,9,12H,3-5,8,10,18H2,1-2H3;1H. The predicted molar refractivity (Wildman–Crippen MR) is 100 cm³/mol. The Hall–Kier alpha value is -1.61. The van der Waals surface area contributed by atoms with E-state index in [0.717, 1.165) is 12.8 Å². The molecule has 1 saturated heterocycles. The maximum Gasteiger partial charge on any atom is 0.374 e. The molecule has 0 radical (unpaired) electrons. The van der Waals surface area contributed by atoms with E-state index in [9.17, 15) is 13.2 Å². The molecule has 144 valence electrons. The number of furan rings is 1. The molecule has 26 heavy (non-hydrogen) atoms. The number of hydrogen-bond donors (Lipinski definition) is 1. The second-order valence-electron chi connectivity index (χ2n) is 6.08. The van der Waals surface area contributed by atoms with Crippen molar-refractivity contribution in [2.45, 2.75) is 37.6 Å². The second kappa shape index (κ2) is 7.96. The Morgan fingerprint density at radius 3 is 2.81 bits per heavy atom. The van der Waals surface area contributed by atoms with Gasteiger partial charge in [0.2, 0.25) is 15.8 Å². The quantitative estimate of drug-likeness (QED) is 0.770. The highest BCUT2D eigenvalue weighted by Gasteiger charge is 2.34. The highest BCUT2D eigenvalue weighted by molar-refractivity contribution is 7.89. The fourth-order valence-electron chi connectivity index (χ4n) is 3.25. The van der Waals surface area contributed by atoms with Gasteiger partial charge in [-0.25, -0.2) is 13.2 Å². The smallest absolute Gasteiger partial charge is 0.374 e. The fourth-order valence-corrected chi connectivity index (χ4v) is 4.98. The Kier molecular flexibility index (Phi) is 6.33. The number of nitrogens with two attached hydrogens (primary N) is 1. The van der Waals surface area contributed by atoms with Gasteiger partial charge in [-0.05, 0) is 44.9 Å². The van der Waals surface area contributed by atoms with E-state index >= 15 is 0 Å². The number of nitrogens with zero attached hydrogens (tertiary/aromatic N) is 1. The van der Waals surface area contributed by atoms with Crippen molar-refractivity contribution in [2.24, 2.45) is 5.73 Å². The molecule has 2 N–H and O–H groups in total. The van der Waals surface area contributed by atoms with E-state index in [2.05, 4.69) is 0 Å². The maximum absolute atomic E-state index is 13.0. The van der Waals surface area contributed by atoms with Crippen LogP contribution in [0.25, 0.3) is 11.0 Å². The van der Waals surface area contributed by atoms with Crippen molar-refractivity contribution in [3.8, 4) is 0 Å². The molecule has 0 spiro atoms. The third-order valence-corrected chi connectivity index (χ3v) is 6.52. The minimum atomic E-state index is -3.63. The van der Waals surface area contributed by atoms with Crippen LogP contribution in [0.15, 0.2) is 27.5 Å². The first-order chi connectivity index (χ1) is 11.9. The van der Waals surface area contributed by atoms with Crippen molar-refractivity contribution in [1.29, 1.82) is 0 Å². The van der Waals surface area contributed by atoms with Gasteiger partial charge in [-0.15, -0.1) is 12.4 Å². The molecule has 1 aromatic carbocycles. The highest BCUT2D eigenvalue weighted by atomic mass is 35.5. The fraction of sp³-hybridized carbons (Fsp3) is 0.471. The minimum Gasteiger partial charge on any atom is -0.460 e. The van der Waals surface area contributed by atoms with E-state index in [0.29, 0.717) is 29.6 Å². The lowest BCUT2D eigenvalue weighted by Crippen LogP contribution is -2.39. The van der Waals surface area contributed by atoms with Gasteiger partial charge >= 0.3 is 5.97 Å². The van der Waals surface area contributed by atoms with Crippen LogP contribution in [-0.2, 0) is 14.8 Å². The lowest BCUT2D eigenvalue weighted by Gasteiger charge is -2.22. The van der Waals surface area contributed by atoms with Crippen LogP contribution in [0.1, 0.15) is 35.9 Å². The molecule has 1 aliphatic heterocycles. The Balaban J connectivity index is 0.00000243. The third kappa shape index (κ3) is 3.46. The van der Waals surface area contributed by atoms with Crippen LogP contribution in [0, 0.1) is 6.92 Å². The third-order valence-electron chi connectivity index (χ3n) is 4.57. The molecule has 2 heterocycles. The Labute approximate surface area is 158 Å². The molecule has 7 nitrogen and oxygen atoms in total. The van der Waals surface area contributed by atoms with Crippen molar-refractivity contribution in [1.82, 2.24) is 4.31 Å². The first kappa shape index (κ1) is 20.7. The van der Waals surface area contributed by atoms with Crippen molar-refractivity contribution in [3.63, 3.8) is 0 Å². The van der Waals surface area contributed by atoms with Crippen molar-refractivity contribution in [2.75, 3.05) is 19.7 Å². The zero-order chi connectivity index (χ0) is 18.2. The van der Waals surface area contributed by atoms with Gasteiger partial charge in [-0.2, -0.15) is 4.31 Å². The van der Waals surface area contributed by atoms with Crippen LogP contribution in [0.4, 0.5) is 0 Å².